The van der Waals surface area contributed by atoms with Crippen LogP contribution in [0.25, 0.3) is 0 Å². The number of nitrogens with one attached hydrogen (secondary N) is 2. The van der Waals surface area contributed by atoms with Gasteiger partial charge in [-0.05, 0) is 31.9 Å². The van der Waals surface area contributed by atoms with Crippen LogP contribution in [0, 0.1) is 6.92 Å². The van der Waals surface area contributed by atoms with Gasteiger partial charge in [-0.3, -0.25) is 9.79 Å². The maximum atomic E-state index is 12.4. The highest BCUT2D eigenvalue weighted by atomic mass is 19.4. The monoisotopic (exact) mass is 400 g/mol. The van der Waals surface area contributed by atoms with Crippen LogP contribution in [0.5, 0.6) is 0 Å². The first-order valence-corrected chi connectivity index (χ1v) is 9.14. The smallest absolute Gasteiger partial charge is 0.356 e. The lowest BCUT2D eigenvalue weighted by Gasteiger charge is -2.34. The second kappa shape index (κ2) is 9.61. The molecule has 10 heteroatoms. The minimum atomic E-state index is -4.41. The summed E-state index contributed by atoms with van der Waals surface area (Å²) in [5.41, 5.74) is 0.975. The molecule has 1 fully saturated rings. The first-order chi connectivity index (χ1) is 13.2. The highest BCUT2D eigenvalue weighted by Gasteiger charge is 2.31. The molecule has 1 aliphatic heterocycles. The van der Waals surface area contributed by atoms with Crippen LogP contribution < -0.4 is 15.5 Å². The summed E-state index contributed by atoms with van der Waals surface area (Å²) in [5, 5.41) is 6.02. The fourth-order valence-electron chi connectivity index (χ4n) is 3.00. The van der Waals surface area contributed by atoms with Gasteiger partial charge in [-0.1, -0.05) is 6.07 Å². The van der Waals surface area contributed by atoms with Crippen molar-refractivity contribution >= 4 is 17.7 Å². The van der Waals surface area contributed by atoms with Gasteiger partial charge >= 0.3 is 6.18 Å². The van der Waals surface area contributed by atoms with Gasteiger partial charge in [0.1, 0.15) is 12.4 Å². The Balaban J connectivity index is 1.77. The van der Waals surface area contributed by atoms with Crippen LogP contribution in [-0.2, 0) is 4.79 Å². The summed E-state index contributed by atoms with van der Waals surface area (Å²) in [7, 11) is 2.69. The average Bonchev–Trinajstić information content (AvgIpc) is 2.64. The Morgan fingerprint density at radius 2 is 2.04 bits per heavy atom. The van der Waals surface area contributed by atoms with Crippen LogP contribution in [0.15, 0.2) is 23.2 Å². The molecule has 0 aromatic carbocycles. The number of hydrogen-bond donors (Lipinski definition) is 2. The lowest BCUT2D eigenvalue weighted by atomic mass is 10.1. The second-order valence-corrected chi connectivity index (χ2v) is 6.83. The van der Waals surface area contributed by atoms with Crippen molar-refractivity contribution in [1.82, 2.24) is 20.5 Å². The second-order valence-electron chi connectivity index (χ2n) is 6.83. The first kappa shape index (κ1) is 21.8. The highest BCUT2D eigenvalue weighted by molar-refractivity contribution is 5.86. The zero-order chi connectivity index (χ0) is 20.7. The Bertz CT molecular complexity index is 686. The van der Waals surface area contributed by atoms with E-state index in [0.29, 0.717) is 10.9 Å². The van der Waals surface area contributed by atoms with Gasteiger partial charge in [0.15, 0.2) is 5.96 Å². The molecule has 28 heavy (non-hydrogen) atoms. The minimum absolute atomic E-state index is 0.162. The summed E-state index contributed by atoms with van der Waals surface area (Å²) in [6.07, 6.45) is -2.69. The van der Waals surface area contributed by atoms with Gasteiger partial charge in [-0.2, -0.15) is 13.2 Å². The Morgan fingerprint density at radius 1 is 1.36 bits per heavy atom. The Morgan fingerprint density at radius 3 is 2.61 bits per heavy atom. The number of hydrogen-bond acceptors (Lipinski definition) is 4. The molecule has 0 unspecified atom stereocenters. The Labute approximate surface area is 163 Å². The topological polar surface area (TPSA) is 72.9 Å². The molecular weight excluding hydrogens is 373 g/mol. The van der Waals surface area contributed by atoms with E-state index in [0.717, 1.165) is 44.5 Å². The Kier molecular flexibility index (Phi) is 7.47. The molecule has 0 atom stereocenters. The van der Waals surface area contributed by atoms with Gasteiger partial charge in [0.2, 0.25) is 5.91 Å². The molecule has 1 saturated heterocycles. The number of halogens is 3. The maximum Gasteiger partial charge on any atom is 0.406 e. The number of amides is 1. The van der Waals surface area contributed by atoms with Crippen molar-refractivity contribution in [3.8, 4) is 0 Å². The average molecular weight is 400 g/mol. The number of alkyl halides is 3. The standard InChI is InChI=1S/C18H27F3N6O/c1-13-5-4-6-15(24-13)27-9-7-14(8-10-27)25-17(22-2)23-11-16(28)26(3)12-18(19,20)21/h4-6,14H,7-12H2,1-3H3,(H2,22,23,25). The highest BCUT2D eigenvalue weighted by Crippen LogP contribution is 2.18. The number of carbonyl (C=O) groups is 1. The van der Waals surface area contributed by atoms with Crippen molar-refractivity contribution in [2.45, 2.75) is 32.0 Å². The third-order valence-electron chi connectivity index (χ3n) is 4.51. The largest absolute Gasteiger partial charge is 0.406 e. The molecule has 7 nitrogen and oxygen atoms in total. The third-order valence-corrected chi connectivity index (χ3v) is 4.51. The van der Waals surface area contributed by atoms with Gasteiger partial charge in [0.05, 0.1) is 6.54 Å². The summed E-state index contributed by atoms with van der Waals surface area (Å²) >= 11 is 0. The molecule has 0 spiro atoms. The molecule has 2 N–H and O–H groups in total. The lowest BCUT2D eigenvalue weighted by molar-refractivity contribution is -0.157. The van der Waals surface area contributed by atoms with Crippen LogP contribution in [0.2, 0.25) is 0 Å². The number of aryl methyl sites for hydroxylation is 1. The van der Waals surface area contributed by atoms with Crippen molar-refractivity contribution in [3.63, 3.8) is 0 Å². The zero-order valence-electron chi connectivity index (χ0n) is 16.4. The molecule has 0 bridgehead atoms. The molecule has 156 valence electrons. The molecule has 2 heterocycles. The third kappa shape index (κ3) is 6.90. The van der Waals surface area contributed by atoms with Crippen LogP contribution in [0.4, 0.5) is 19.0 Å². The fraction of sp³-hybridized carbons (Fsp3) is 0.611. The first-order valence-electron chi connectivity index (χ1n) is 9.14. The maximum absolute atomic E-state index is 12.4. The normalized spacial score (nSPS) is 16.1. The van der Waals surface area contributed by atoms with E-state index in [1.54, 1.807) is 7.05 Å². The summed E-state index contributed by atoms with van der Waals surface area (Å²) < 4.78 is 37.1. The Hall–Kier alpha value is -2.52. The SMILES string of the molecule is CN=C(NCC(=O)N(C)CC(F)(F)F)NC1CCN(c2cccc(C)n2)CC1. The number of nitrogens with zero attached hydrogens (tertiary/aromatic N) is 4. The molecule has 1 aliphatic rings. The van der Waals surface area contributed by atoms with Crippen molar-refractivity contribution in [1.29, 1.82) is 0 Å². The van der Waals surface area contributed by atoms with E-state index in [9.17, 15) is 18.0 Å². The molecule has 1 amide bonds. The van der Waals surface area contributed by atoms with E-state index < -0.39 is 18.6 Å². The van der Waals surface area contributed by atoms with E-state index >= 15 is 0 Å². The van der Waals surface area contributed by atoms with Gasteiger partial charge in [-0.25, -0.2) is 4.98 Å². The quantitative estimate of drug-likeness (QED) is 0.580. The zero-order valence-corrected chi connectivity index (χ0v) is 16.4. The van der Waals surface area contributed by atoms with E-state index in [1.807, 2.05) is 25.1 Å². The van der Waals surface area contributed by atoms with Crippen molar-refractivity contribution in [2.24, 2.45) is 4.99 Å². The van der Waals surface area contributed by atoms with Gasteiger partial charge in [0.25, 0.3) is 0 Å². The number of likely N-dealkylation sites (N-methyl/N-ethyl adjacent to an activating group) is 1. The van der Waals surface area contributed by atoms with Gasteiger partial charge in [-0.15, -0.1) is 0 Å². The fourth-order valence-corrected chi connectivity index (χ4v) is 3.00. The van der Waals surface area contributed by atoms with Crippen LogP contribution >= 0.6 is 0 Å². The van der Waals surface area contributed by atoms with Gasteiger partial charge < -0.3 is 20.4 Å². The van der Waals surface area contributed by atoms with E-state index in [2.05, 4.69) is 25.5 Å². The molecule has 2 rings (SSSR count). The summed E-state index contributed by atoms with van der Waals surface area (Å²) in [5.74, 6) is 0.709. The number of anilines is 1. The van der Waals surface area contributed by atoms with Crippen molar-refractivity contribution < 1.29 is 18.0 Å². The van der Waals surface area contributed by atoms with E-state index in [-0.39, 0.29) is 12.6 Å². The molecule has 0 aliphatic carbocycles. The van der Waals surface area contributed by atoms with E-state index in [1.165, 1.54) is 0 Å². The van der Waals surface area contributed by atoms with Crippen LogP contribution in [-0.4, -0.2) is 74.2 Å². The summed E-state index contributed by atoms with van der Waals surface area (Å²) in [6, 6.07) is 6.10. The number of aromatic nitrogens is 1. The summed E-state index contributed by atoms with van der Waals surface area (Å²) in [6.45, 7) is 2.10. The molecular formula is C18H27F3N6O. The summed E-state index contributed by atoms with van der Waals surface area (Å²) in [4.78, 5) is 23.3. The predicted octanol–water partition coefficient (Wildman–Crippen LogP) is 1.54. The van der Waals surface area contributed by atoms with Crippen LogP contribution in [0.1, 0.15) is 18.5 Å². The number of guanidine groups is 1. The number of piperidine rings is 1. The van der Waals surface area contributed by atoms with Crippen molar-refractivity contribution in [2.75, 3.05) is 45.2 Å². The predicted molar refractivity (Wildman–Crippen MR) is 102 cm³/mol. The minimum Gasteiger partial charge on any atom is -0.356 e. The number of pyridine rings is 1. The van der Waals surface area contributed by atoms with Gasteiger partial charge in [0, 0.05) is 38.9 Å². The number of carbonyl (C=O) groups excluding carboxylic acids is 1. The number of aliphatic imine (C=N–C) groups is 1. The van der Waals surface area contributed by atoms with Crippen LogP contribution in [0.3, 0.4) is 0 Å². The molecule has 1 aromatic heterocycles. The van der Waals surface area contributed by atoms with Crippen molar-refractivity contribution in [3.05, 3.63) is 23.9 Å². The lowest BCUT2D eigenvalue weighted by Crippen LogP contribution is -2.51. The van der Waals surface area contributed by atoms with E-state index in [4.69, 9.17) is 0 Å². The molecule has 1 aromatic rings. The number of rotatable bonds is 5. The molecule has 0 saturated carbocycles. The molecule has 0 radical (unpaired) electrons.